The van der Waals surface area contributed by atoms with Crippen LogP contribution in [0, 0.1) is 0 Å². The van der Waals surface area contributed by atoms with Crippen LogP contribution in [0.15, 0.2) is 82.7 Å². The highest BCUT2D eigenvalue weighted by Gasteiger charge is 2.30. The van der Waals surface area contributed by atoms with Crippen molar-refractivity contribution in [2.45, 2.75) is 39.3 Å². The zero-order valence-corrected chi connectivity index (χ0v) is 18.9. The molecule has 3 rings (SSSR count). The van der Waals surface area contributed by atoms with Crippen molar-refractivity contribution in [3.05, 3.63) is 88.3 Å². The Bertz CT molecular complexity index is 869. The molecule has 2 aromatic rings. The molecule has 0 bridgehead atoms. The summed E-state index contributed by atoms with van der Waals surface area (Å²) in [6.07, 6.45) is 7.36. The van der Waals surface area contributed by atoms with Gasteiger partial charge in [0.25, 0.3) is 0 Å². The lowest BCUT2D eigenvalue weighted by Gasteiger charge is -2.20. The highest BCUT2D eigenvalue weighted by molar-refractivity contribution is 6.87. The molecule has 1 aliphatic carbocycles. The third kappa shape index (κ3) is 4.25. The topological polar surface area (TPSA) is 0 Å². The van der Waals surface area contributed by atoms with E-state index in [0.717, 1.165) is 0 Å². The Labute approximate surface area is 161 Å². The van der Waals surface area contributed by atoms with E-state index in [1.54, 1.807) is 10.4 Å². The molecular formula is C24H30Si2. The molecule has 1 aliphatic rings. The van der Waals surface area contributed by atoms with E-state index >= 15 is 0 Å². The first-order chi connectivity index (χ1) is 12.1. The molecule has 134 valence electrons. The third-order valence-corrected chi connectivity index (χ3v) is 9.01. The average Bonchev–Trinajstić information content (AvgIpc) is 3.01. The minimum Gasteiger partial charge on any atom is -0.0656 e. The summed E-state index contributed by atoms with van der Waals surface area (Å²) in [5.74, 6) is 0. The zero-order valence-electron chi connectivity index (χ0n) is 16.9. The number of benzene rings is 2. The minimum atomic E-state index is -1.36. The molecule has 2 heteroatoms. The Morgan fingerprint density at radius 3 is 1.73 bits per heavy atom. The molecule has 0 unspecified atom stereocenters. The summed E-state index contributed by atoms with van der Waals surface area (Å²) in [5.41, 5.74) is 5.28. The second kappa shape index (κ2) is 7.01. The molecular weight excluding hydrogens is 344 g/mol. The maximum atomic E-state index is 2.52. The molecule has 0 aliphatic heterocycles. The van der Waals surface area contributed by atoms with E-state index in [4.69, 9.17) is 0 Å². The highest BCUT2D eigenvalue weighted by atomic mass is 28.3. The Kier molecular flexibility index (Phi) is 5.09. The number of rotatable bonds is 4. The lowest BCUT2D eigenvalue weighted by Crippen LogP contribution is -2.25. The highest BCUT2D eigenvalue weighted by Crippen LogP contribution is 2.36. The van der Waals surface area contributed by atoms with Crippen LogP contribution in [0.25, 0.3) is 17.2 Å². The molecule has 2 aromatic carbocycles. The van der Waals surface area contributed by atoms with Crippen molar-refractivity contribution in [3.8, 4) is 11.1 Å². The van der Waals surface area contributed by atoms with Crippen molar-refractivity contribution in [2.75, 3.05) is 0 Å². The van der Waals surface area contributed by atoms with Gasteiger partial charge in [0.2, 0.25) is 0 Å². The van der Waals surface area contributed by atoms with E-state index < -0.39 is 16.1 Å². The molecule has 0 amide bonds. The summed E-state index contributed by atoms with van der Waals surface area (Å²) in [7, 11) is -2.65. The van der Waals surface area contributed by atoms with Crippen molar-refractivity contribution < 1.29 is 0 Å². The van der Waals surface area contributed by atoms with Crippen LogP contribution in [0.3, 0.4) is 0 Å². The van der Waals surface area contributed by atoms with Crippen LogP contribution in [0.2, 0.25) is 39.3 Å². The van der Waals surface area contributed by atoms with E-state index in [-0.39, 0.29) is 0 Å². The van der Waals surface area contributed by atoms with E-state index in [9.17, 15) is 0 Å². The van der Waals surface area contributed by atoms with Gasteiger partial charge in [0, 0.05) is 0 Å². The number of allylic oxidation sites excluding steroid dienone is 5. The quantitative estimate of drug-likeness (QED) is 0.490. The van der Waals surface area contributed by atoms with Gasteiger partial charge in [-0.2, -0.15) is 0 Å². The summed E-state index contributed by atoms with van der Waals surface area (Å²) in [4.78, 5) is 0. The molecule has 26 heavy (non-hydrogen) atoms. The Morgan fingerprint density at radius 1 is 0.615 bits per heavy atom. The predicted octanol–water partition coefficient (Wildman–Crippen LogP) is 7.36. The zero-order chi connectivity index (χ0) is 18.9. The standard InChI is InChI=1S/C24H30Si2/c1-25(2,3)23-17-22(24(18-23)26(4,5)6)16-19-12-14-21(15-13-19)20-10-8-7-9-11-20/h7-18H,1-6H3/b22-16+. The third-order valence-electron chi connectivity index (χ3n) is 4.94. The molecule has 0 fully saturated rings. The van der Waals surface area contributed by atoms with Gasteiger partial charge in [-0.3, -0.25) is 0 Å². The second-order valence-corrected chi connectivity index (χ2v) is 19.4. The molecule has 0 aromatic heterocycles. The van der Waals surface area contributed by atoms with Crippen LogP contribution in [0.5, 0.6) is 0 Å². The van der Waals surface area contributed by atoms with Gasteiger partial charge >= 0.3 is 0 Å². The summed E-state index contributed by atoms with van der Waals surface area (Å²) in [5, 5.41) is 3.18. The number of hydrogen-bond donors (Lipinski definition) is 0. The van der Waals surface area contributed by atoms with E-state index in [2.05, 4.69) is 112 Å². The van der Waals surface area contributed by atoms with Crippen molar-refractivity contribution in [2.24, 2.45) is 0 Å². The Hall–Kier alpha value is -1.91. The maximum absolute atomic E-state index is 2.52. The molecule has 0 atom stereocenters. The van der Waals surface area contributed by atoms with Gasteiger partial charge in [0.05, 0.1) is 16.1 Å². The van der Waals surface area contributed by atoms with Gasteiger partial charge in [-0.1, -0.05) is 116 Å². The fourth-order valence-corrected chi connectivity index (χ4v) is 6.22. The van der Waals surface area contributed by atoms with Crippen LogP contribution in [0.4, 0.5) is 0 Å². The van der Waals surface area contributed by atoms with E-state index in [0.29, 0.717) is 0 Å². The summed E-state index contributed by atoms with van der Waals surface area (Å²) < 4.78 is 0. The smallest absolute Gasteiger partial charge is 0.0656 e. The minimum absolute atomic E-state index is 1.27. The number of hydrogen-bond acceptors (Lipinski definition) is 0. The van der Waals surface area contributed by atoms with Crippen molar-refractivity contribution in [1.29, 1.82) is 0 Å². The Morgan fingerprint density at radius 2 is 1.19 bits per heavy atom. The van der Waals surface area contributed by atoms with Crippen LogP contribution in [-0.4, -0.2) is 16.1 Å². The fourth-order valence-electron chi connectivity index (χ4n) is 3.31. The van der Waals surface area contributed by atoms with Gasteiger partial charge < -0.3 is 0 Å². The first-order valence-corrected chi connectivity index (χ1v) is 16.5. The maximum Gasteiger partial charge on any atom is 0.0783 e. The van der Waals surface area contributed by atoms with E-state index in [1.165, 1.54) is 22.3 Å². The molecule has 0 radical (unpaired) electrons. The van der Waals surface area contributed by atoms with Crippen LogP contribution >= 0.6 is 0 Å². The molecule has 0 heterocycles. The summed E-state index contributed by atoms with van der Waals surface area (Å²) in [6, 6.07) is 19.5. The molecule has 0 saturated carbocycles. The first kappa shape index (κ1) is 18.9. The van der Waals surface area contributed by atoms with Gasteiger partial charge in [-0.25, -0.2) is 0 Å². The molecule has 0 spiro atoms. The second-order valence-electron chi connectivity index (χ2n) is 9.25. The predicted molar refractivity (Wildman–Crippen MR) is 123 cm³/mol. The summed E-state index contributed by atoms with van der Waals surface area (Å²) in [6.45, 7) is 14.7. The van der Waals surface area contributed by atoms with Gasteiger partial charge in [0.1, 0.15) is 0 Å². The van der Waals surface area contributed by atoms with Crippen molar-refractivity contribution >= 4 is 22.2 Å². The fraction of sp³-hybridized carbons (Fsp3) is 0.250. The normalized spacial score (nSPS) is 16.6. The van der Waals surface area contributed by atoms with Crippen LogP contribution in [-0.2, 0) is 0 Å². The summed E-state index contributed by atoms with van der Waals surface area (Å²) >= 11 is 0. The van der Waals surface area contributed by atoms with Gasteiger partial charge in [0.15, 0.2) is 0 Å². The van der Waals surface area contributed by atoms with Crippen LogP contribution < -0.4 is 0 Å². The van der Waals surface area contributed by atoms with Crippen molar-refractivity contribution in [1.82, 2.24) is 0 Å². The van der Waals surface area contributed by atoms with Crippen molar-refractivity contribution in [3.63, 3.8) is 0 Å². The lowest BCUT2D eigenvalue weighted by molar-refractivity contribution is 1.57. The SMILES string of the molecule is C[Si](C)(C)C1=C/C(=C\c2ccc(-c3ccccc3)cc2)C([Si](C)(C)C)=C1. The van der Waals surface area contributed by atoms with Gasteiger partial charge in [-0.15, -0.1) is 0 Å². The average molecular weight is 375 g/mol. The lowest BCUT2D eigenvalue weighted by atomic mass is 10.0. The van der Waals surface area contributed by atoms with E-state index in [1.807, 2.05) is 0 Å². The van der Waals surface area contributed by atoms with Crippen LogP contribution in [0.1, 0.15) is 5.56 Å². The molecule has 0 nitrogen and oxygen atoms in total. The first-order valence-electron chi connectivity index (χ1n) is 9.46. The molecule has 0 saturated heterocycles. The Balaban J connectivity index is 1.95. The monoisotopic (exact) mass is 374 g/mol. The largest absolute Gasteiger partial charge is 0.0783 e. The molecule has 0 N–H and O–H groups in total. The van der Waals surface area contributed by atoms with Gasteiger partial charge in [-0.05, 0) is 28.3 Å².